The van der Waals surface area contributed by atoms with Gasteiger partial charge < -0.3 is 19.1 Å². The van der Waals surface area contributed by atoms with E-state index in [2.05, 4.69) is 43.9 Å². The fraction of sp³-hybridized carbons (Fsp3) is 0.568. The summed E-state index contributed by atoms with van der Waals surface area (Å²) in [5.74, 6) is 2.25. The van der Waals surface area contributed by atoms with Gasteiger partial charge in [0.05, 0.1) is 24.6 Å². The maximum Gasteiger partial charge on any atom is 0.303 e. The van der Waals surface area contributed by atoms with Crippen LogP contribution in [0.3, 0.4) is 0 Å². The first-order valence-corrected chi connectivity index (χ1v) is 16.5. The van der Waals surface area contributed by atoms with Gasteiger partial charge in [0, 0.05) is 31.7 Å². The van der Waals surface area contributed by atoms with Gasteiger partial charge in [-0.05, 0) is 87.1 Å². The number of carbonyl (C=O) groups excluding carboxylic acids is 2. The highest BCUT2D eigenvalue weighted by atomic mass is 16.6. The standard InChI is InChI=1S/C37H46N2O5/c1-23(2)21-39(32(41)14-11-26-8-6-7-24(3)19-26)29-15-16-37(44-25(4)40)31-20-28-12-13-30(42-5)34-33(28)36(37,35(29)43-34)17-18-38(31)22-27-9-10-27/h6-8,11-14,19,23,27,29,31,35H,9-10,15-18,20-22H2,1-5H3/t29-,31+,35-,36-,37+/m0/s1. The Bertz CT molecular complexity index is 1500. The third-order valence-corrected chi connectivity index (χ3v) is 10.9. The quantitative estimate of drug-likeness (QED) is 0.272. The number of likely N-dealkylation sites (tertiary alicyclic amines) is 1. The average Bonchev–Trinajstić information content (AvgIpc) is 3.73. The molecule has 7 heteroatoms. The molecule has 2 aliphatic heterocycles. The molecule has 5 atom stereocenters. The molecule has 234 valence electrons. The molecule has 2 heterocycles. The van der Waals surface area contributed by atoms with Crippen LogP contribution in [0.25, 0.3) is 6.08 Å². The maximum atomic E-state index is 14.2. The predicted octanol–water partition coefficient (Wildman–Crippen LogP) is 5.71. The third kappa shape index (κ3) is 4.57. The molecule has 7 rings (SSSR count). The molecule has 1 saturated heterocycles. The van der Waals surface area contributed by atoms with Crippen molar-refractivity contribution in [3.8, 4) is 11.5 Å². The van der Waals surface area contributed by atoms with Crippen molar-refractivity contribution in [3.05, 3.63) is 64.7 Å². The van der Waals surface area contributed by atoms with Gasteiger partial charge in [-0.25, -0.2) is 0 Å². The summed E-state index contributed by atoms with van der Waals surface area (Å²) >= 11 is 0. The van der Waals surface area contributed by atoms with Gasteiger partial charge in [-0.3, -0.25) is 14.5 Å². The largest absolute Gasteiger partial charge is 0.493 e. The summed E-state index contributed by atoms with van der Waals surface area (Å²) < 4.78 is 19.6. The van der Waals surface area contributed by atoms with Crippen molar-refractivity contribution in [2.75, 3.05) is 26.7 Å². The lowest BCUT2D eigenvalue weighted by atomic mass is 9.48. The van der Waals surface area contributed by atoms with Crippen LogP contribution in [0.2, 0.25) is 0 Å². The summed E-state index contributed by atoms with van der Waals surface area (Å²) in [6.45, 7) is 10.5. The number of rotatable bonds is 9. The molecular formula is C37H46N2O5. The lowest BCUT2D eigenvalue weighted by Gasteiger charge is -2.65. The molecule has 0 N–H and O–H groups in total. The van der Waals surface area contributed by atoms with Crippen LogP contribution in [-0.4, -0.2) is 72.2 Å². The topological polar surface area (TPSA) is 68.3 Å². The number of ether oxygens (including phenoxy) is 3. The molecule has 2 aromatic rings. The number of esters is 1. The number of nitrogens with zero attached hydrogens (tertiary/aromatic N) is 2. The van der Waals surface area contributed by atoms with Gasteiger partial charge in [-0.1, -0.05) is 49.7 Å². The van der Waals surface area contributed by atoms with E-state index < -0.39 is 11.0 Å². The number of hydrogen-bond acceptors (Lipinski definition) is 6. The number of amides is 1. The molecule has 2 bridgehead atoms. The molecule has 0 unspecified atom stereocenters. The SMILES string of the molecule is COc1ccc2c3c1O[C@H]1[C@@H](N(CC(C)C)C(=O)C=Cc4cccc(C)c4)CC[C@@]4(OC(C)=O)[C@@H](C2)N(CC2CC2)CC[C@]314. The van der Waals surface area contributed by atoms with Crippen molar-refractivity contribution < 1.29 is 23.8 Å². The Morgan fingerprint density at radius 3 is 2.68 bits per heavy atom. The van der Waals surface area contributed by atoms with Crippen LogP contribution in [-0.2, 0) is 26.2 Å². The van der Waals surface area contributed by atoms with E-state index in [-0.39, 0.29) is 36.0 Å². The zero-order valence-corrected chi connectivity index (χ0v) is 26.8. The van der Waals surface area contributed by atoms with Crippen molar-refractivity contribution >= 4 is 18.0 Å². The fourth-order valence-electron chi connectivity index (χ4n) is 9.18. The van der Waals surface area contributed by atoms with Crippen molar-refractivity contribution in [1.29, 1.82) is 0 Å². The van der Waals surface area contributed by atoms with E-state index in [9.17, 15) is 9.59 Å². The normalized spacial score (nSPS) is 30.2. The Balaban J connectivity index is 1.34. The molecule has 0 aromatic heterocycles. The van der Waals surface area contributed by atoms with Crippen molar-refractivity contribution in [3.63, 3.8) is 0 Å². The molecule has 1 amide bonds. The summed E-state index contributed by atoms with van der Waals surface area (Å²) in [5, 5.41) is 0. The molecule has 3 fully saturated rings. The van der Waals surface area contributed by atoms with Crippen LogP contribution in [0.5, 0.6) is 11.5 Å². The van der Waals surface area contributed by atoms with Crippen molar-refractivity contribution in [2.45, 2.75) is 95.4 Å². The minimum absolute atomic E-state index is 0.00753. The maximum absolute atomic E-state index is 14.2. The number of piperidine rings is 1. The smallest absolute Gasteiger partial charge is 0.303 e. The first-order valence-electron chi connectivity index (χ1n) is 16.5. The van der Waals surface area contributed by atoms with Gasteiger partial charge in [-0.2, -0.15) is 0 Å². The summed E-state index contributed by atoms with van der Waals surface area (Å²) in [5.41, 5.74) is 3.31. The summed E-state index contributed by atoms with van der Waals surface area (Å²) in [4.78, 5) is 31.8. The molecule has 3 aliphatic carbocycles. The minimum atomic E-state index is -0.721. The Morgan fingerprint density at radius 1 is 1.16 bits per heavy atom. The van der Waals surface area contributed by atoms with E-state index in [1.54, 1.807) is 20.1 Å². The summed E-state index contributed by atoms with van der Waals surface area (Å²) in [6.07, 6.45) is 8.90. The second-order valence-corrected chi connectivity index (χ2v) is 14.3. The van der Waals surface area contributed by atoms with Crippen molar-refractivity contribution in [2.24, 2.45) is 11.8 Å². The number of methoxy groups -OCH3 is 1. The Hall–Kier alpha value is -3.32. The Morgan fingerprint density at radius 2 is 1.98 bits per heavy atom. The van der Waals surface area contributed by atoms with Gasteiger partial charge in [0.2, 0.25) is 5.91 Å². The fourth-order valence-corrected chi connectivity index (χ4v) is 9.18. The van der Waals surface area contributed by atoms with Gasteiger partial charge in [0.25, 0.3) is 0 Å². The number of benzene rings is 2. The van der Waals surface area contributed by atoms with Gasteiger partial charge in [0.1, 0.15) is 11.7 Å². The molecule has 44 heavy (non-hydrogen) atoms. The summed E-state index contributed by atoms with van der Waals surface area (Å²) in [7, 11) is 1.69. The van der Waals surface area contributed by atoms with Crippen LogP contribution in [0.1, 0.15) is 75.1 Å². The van der Waals surface area contributed by atoms with Crippen LogP contribution in [0.4, 0.5) is 0 Å². The highest BCUT2D eigenvalue weighted by molar-refractivity contribution is 5.92. The second-order valence-electron chi connectivity index (χ2n) is 14.3. The minimum Gasteiger partial charge on any atom is -0.493 e. The van der Waals surface area contributed by atoms with E-state index in [1.165, 1.54) is 18.4 Å². The first kappa shape index (κ1) is 29.4. The molecule has 7 nitrogen and oxygen atoms in total. The molecule has 2 saturated carbocycles. The third-order valence-electron chi connectivity index (χ3n) is 10.9. The lowest BCUT2D eigenvalue weighted by molar-refractivity contribution is -0.224. The van der Waals surface area contributed by atoms with E-state index in [0.29, 0.717) is 25.1 Å². The number of aryl methyl sites for hydroxylation is 1. The molecule has 5 aliphatic rings. The van der Waals surface area contributed by atoms with Crippen LogP contribution >= 0.6 is 0 Å². The van der Waals surface area contributed by atoms with Crippen LogP contribution in [0.15, 0.2) is 42.5 Å². The second kappa shape index (κ2) is 10.9. The van der Waals surface area contributed by atoms with Crippen LogP contribution in [0, 0.1) is 18.8 Å². The van der Waals surface area contributed by atoms with E-state index in [0.717, 1.165) is 54.3 Å². The van der Waals surface area contributed by atoms with E-state index in [4.69, 9.17) is 14.2 Å². The number of hydrogen-bond donors (Lipinski definition) is 0. The number of carbonyl (C=O) groups is 2. The highest BCUT2D eigenvalue weighted by Crippen LogP contribution is 2.67. The highest BCUT2D eigenvalue weighted by Gasteiger charge is 2.75. The first-order chi connectivity index (χ1) is 21.2. The predicted molar refractivity (Wildman–Crippen MR) is 170 cm³/mol. The molecule has 0 radical (unpaired) electrons. The van der Waals surface area contributed by atoms with Gasteiger partial charge in [0.15, 0.2) is 11.5 Å². The zero-order valence-electron chi connectivity index (χ0n) is 26.8. The molecular weight excluding hydrogens is 552 g/mol. The summed E-state index contributed by atoms with van der Waals surface area (Å²) in [6, 6.07) is 12.3. The lowest BCUT2D eigenvalue weighted by Crippen LogP contribution is -2.79. The average molecular weight is 599 g/mol. The monoisotopic (exact) mass is 598 g/mol. The van der Waals surface area contributed by atoms with Gasteiger partial charge in [-0.15, -0.1) is 0 Å². The van der Waals surface area contributed by atoms with Gasteiger partial charge >= 0.3 is 5.97 Å². The van der Waals surface area contributed by atoms with E-state index in [1.807, 2.05) is 29.2 Å². The Labute approximate surface area is 261 Å². The van der Waals surface area contributed by atoms with Crippen LogP contribution < -0.4 is 9.47 Å². The van der Waals surface area contributed by atoms with E-state index >= 15 is 0 Å². The zero-order chi connectivity index (χ0) is 30.8. The molecule has 2 aromatic carbocycles. The van der Waals surface area contributed by atoms with Crippen molar-refractivity contribution in [1.82, 2.24) is 9.80 Å². The Kier molecular flexibility index (Phi) is 7.31. The molecule has 1 spiro atoms.